The standard InChI is InChI=1S/C25H31N3O7/c1-16(26-24(30)35-25(2,3)4)14-33-20-11-12-22(28(31)32)21(13-20)27-23(29)18-7-9-19(10-8-18)34-15-17-5-6-17/h7-13,16-17H,5-6,14-15H2,1-4H3,(H,26,30)(H,27,29)/t16-/m0/s1. The molecule has 188 valence electrons. The highest BCUT2D eigenvalue weighted by Crippen LogP contribution is 2.31. The molecule has 0 aliphatic heterocycles. The van der Waals surface area contributed by atoms with E-state index in [9.17, 15) is 19.7 Å². The van der Waals surface area contributed by atoms with Crippen LogP contribution in [0.15, 0.2) is 42.5 Å². The molecule has 2 N–H and O–H groups in total. The summed E-state index contributed by atoms with van der Waals surface area (Å²) in [5.41, 5.74) is -0.561. The van der Waals surface area contributed by atoms with Crippen LogP contribution in [0.3, 0.4) is 0 Å². The Morgan fingerprint density at radius 2 is 1.74 bits per heavy atom. The van der Waals surface area contributed by atoms with Crippen LogP contribution < -0.4 is 20.1 Å². The van der Waals surface area contributed by atoms with Gasteiger partial charge in [-0.05, 0) is 76.8 Å². The summed E-state index contributed by atoms with van der Waals surface area (Å²) in [5, 5.41) is 16.7. The number of alkyl carbamates (subject to hydrolysis) is 1. The smallest absolute Gasteiger partial charge is 0.407 e. The molecule has 0 heterocycles. The van der Waals surface area contributed by atoms with Crippen molar-refractivity contribution in [1.29, 1.82) is 0 Å². The fourth-order valence-electron chi connectivity index (χ4n) is 3.03. The van der Waals surface area contributed by atoms with Crippen LogP contribution in [-0.2, 0) is 4.74 Å². The highest BCUT2D eigenvalue weighted by molar-refractivity contribution is 6.05. The maximum absolute atomic E-state index is 12.7. The third kappa shape index (κ3) is 8.47. The number of nitro groups is 1. The maximum Gasteiger partial charge on any atom is 0.407 e. The van der Waals surface area contributed by atoms with Crippen LogP contribution in [0.5, 0.6) is 11.5 Å². The lowest BCUT2D eigenvalue weighted by molar-refractivity contribution is -0.383. The normalized spacial score (nSPS) is 13.9. The van der Waals surface area contributed by atoms with Crippen LogP contribution in [-0.4, -0.2) is 41.8 Å². The molecule has 0 bridgehead atoms. The van der Waals surface area contributed by atoms with Gasteiger partial charge in [-0.2, -0.15) is 0 Å². The summed E-state index contributed by atoms with van der Waals surface area (Å²) in [5.74, 6) is 1.08. The molecule has 10 heteroatoms. The number of hydrogen-bond acceptors (Lipinski definition) is 7. The van der Waals surface area contributed by atoms with E-state index in [0.717, 1.165) is 0 Å². The number of amides is 2. The monoisotopic (exact) mass is 485 g/mol. The number of anilines is 1. The molecule has 0 radical (unpaired) electrons. The second-order valence-corrected chi connectivity index (χ2v) is 9.53. The number of nitrogens with one attached hydrogen (secondary N) is 2. The van der Waals surface area contributed by atoms with Gasteiger partial charge in [0.15, 0.2) is 0 Å². The summed E-state index contributed by atoms with van der Waals surface area (Å²) in [6, 6.07) is 10.3. The molecule has 1 saturated carbocycles. The molecule has 0 spiro atoms. The predicted molar refractivity (Wildman–Crippen MR) is 130 cm³/mol. The average Bonchev–Trinajstić information content (AvgIpc) is 3.60. The van der Waals surface area contributed by atoms with E-state index < -0.39 is 28.6 Å². The summed E-state index contributed by atoms with van der Waals surface area (Å²) in [7, 11) is 0. The molecular weight excluding hydrogens is 454 g/mol. The van der Waals surface area contributed by atoms with E-state index in [2.05, 4.69) is 10.6 Å². The first-order valence-corrected chi connectivity index (χ1v) is 11.4. The number of hydrogen-bond donors (Lipinski definition) is 2. The van der Waals surface area contributed by atoms with Crippen LogP contribution in [0.25, 0.3) is 0 Å². The number of carbonyl (C=O) groups excluding carboxylic acids is 2. The Morgan fingerprint density at radius 1 is 1.09 bits per heavy atom. The third-order valence-electron chi connectivity index (χ3n) is 4.98. The first-order chi connectivity index (χ1) is 16.5. The van der Waals surface area contributed by atoms with Crippen molar-refractivity contribution in [3.05, 3.63) is 58.1 Å². The second-order valence-electron chi connectivity index (χ2n) is 9.53. The van der Waals surface area contributed by atoms with Crippen molar-refractivity contribution < 1.29 is 28.7 Å². The molecule has 1 fully saturated rings. The van der Waals surface area contributed by atoms with Crippen molar-refractivity contribution in [2.24, 2.45) is 5.92 Å². The summed E-state index contributed by atoms with van der Waals surface area (Å²) in [6.07, 6.45) is 1.79. The Labute approximate surface area is 204 Å². The zero-order valence-electron chi connectivity index (χ0n) is 20.3. The molecule has 10 nitrogen and oxygen atoms in total. The van der Waals surface area contributed by atoms with Gasteiger partial charge in [0, 0.05) is 17.7 Å². The van der Waals surface area contributed by atoms with Gasteiger partial charge in [0.25, 0.3) is 11.6 Å². The first kappa shape index (κ1) is 25.8. The van der Waals surface area contributed by atoms with Crippen molar-refractivity contribution in [3.63, 3.8) is 0 Å². The quantitative estimate of drug-likeness (QED) is 0.361. The second kappa shape index (κ2) is 11.1. The molecule has 0 unspecified atom stereocenters. The molecule has 1 aliphatic rings. The Hall–Kier alpha value is -3.82. The molecule has 1 atom stereocenters. The van der Waals surface area contributed by atoms with Crippen LogP contribution in [0.4, 0.5) is 16.2 Å². The van der Waals surface area contributed by atoms with Crippen LogP contribution in [0.1, 0.15) is 50.9 Å². The number of nitro benzene ring substituents is 1. The number of ether oxygens (including phenoxy) is 3. The van der Waals surface area contributed by atoms with Crippen LogP contribution >= 0.6 is 0 Å². The summed E-state index contributed by atoms with van der Waals surface area (Å²) >= 11 is 0. The van der Waals surface area contributed by atoms with Gasteiger partial charge >= 0.3 is 6.09 Å². The van der Waals surface area contributed by atoms with Crippen molar-refractivity contribution in [1.82, 2.24) is 5.32 Å². The summed E-state index contributed by atoms with van der Waals surface area (Å²) < 4.78 is 16.5. The molecule has 1 aliphatic carbocycles. The SMILES string of the molecule is C[C@@H](COc1ccc([N+](=O)[O-])c(NC(=O)c2ccc(OCC3CC3)cc2)c1)NC(=O)OC(C)(C)C. The highest BCUT2D eigenvalue weighted by atomic mass is 16.6. The van der Waals surface area contributed by atoms with Crippen molar-refractivity contribution in [3.8, 4) is 11.5 Å². The molecule has 2 amide bonds. The zero-order chi connectivity index (χ0) is 25.6. The fraction of sp³-hybridized carbons (Fsp3) is 0.440. The van der Waals surface area contributed by atoms with Gasteiger partial charge in [0.1, 0.15) is 29.4 Å². The fourth-order valence-corrected chi connectivity index (χ4v) is 3.03. The van der Waals surface area contributed by atoms with E-state index >= 15 is 0 Å². The topological polar surface area (TPSA) is 129 Å². The minimum atomic E-state index is -0.625. The molecule has 2 aromatic rings. The van der Waals surface area contributed by atoms with E-state index in [4.69, 9.17) is 14.2 Å². The number of nitrogens with zero attached hydrogens (tertiary/aromatic N) is 1. The van der Waals surface area contributed by atoms with E-state index in [-0.39, 0.29) is 18.0 Å². The number of benzene rings is 2. The average molecular weight is 486 g/mol. The van der Waals surface area contributed by atoms with Gasteiger partial charge in [0.2, 0.25) is 0 Å². The maximum atomic E-state index is 12.7. The van der Waals surface area contributed by atoms with E-state index in [1.165, 1.54) is 31.0 Å². The Bertz CT molecular complexity index is 1060. The lowest BCUT2D eigenvalue weighted by Gasteiger charge is -2.22. The van der Waals surface area contributed by atoms with Gasteiger partial charge in [0.05, 0.1) is 17.6 Å². The van der Waals surface area contributed by atoms with Crippen molar-refractivity contribution in [2.45, 2.75) is 52.2 Å². The number of carbonyl (C=O) groups is 2. The minimum Gasteiger partial charge on any atom is -0.493 e. The highest BCUT2D eigenvalue weighted by Gasteiger charge is 2.22. The molecule has 3 rings (SSSR count). The van der Waals surface area contributed by atoms with Gasteiger partial charge in [-0.15, -0.1) is 0 Å². The van der Waals surface area contributed by atoms with E-state index in [0.29, 0.717) is 29.6 Å². The van der Waals surface area contributed by atoms with E-state index in [1.54, 1.807) is 52.0 Å². The van der Waals surface area contributed by atoms with Crippen molar-refractivity contribution >= 4 is 23.4 Å². The zero-order valence-corrected chi connectivity index (χ0v) is 20.3. The van der Waals surface area contributed by atoms with Gasteiger partial charge in [-0.3, -0.25) is 14.9 Å². The van der Waals surface area contributed by atoms with Crippen molar-refractivity contribution in [2.75, 3.05) is 18.5 Å². The van der Waals surface area contributed by atoms with Crippen LogP contribution in [0, 0.1) is 16.0 Å². The molecule has 35 heavy (non-hydrogen) atoms. The molecule has 2 aromatic carbocycles. The van der Waals surface area contributed by atoms with Gasteiger partial charge < -0.3 is 24.8 Å². The molecular formula is C25H31N3O7. The van der Waals surface area contributed by atoms with Gasteiger partial charge in [-0.25, -0.2) is 4.79 Å². The summed E-state index contributed by atoms with van der Waals surface area (Å²) in [6.45, 7) is 7.77. The van der Waals surface area contributed by atoms with Crippen LogP contribution in [0.2, 0.25) is 0 Å². The minimum absolute atomic E-state index is 0.000635. The Balaban J connectivity index is 1.61. The largest absolute Gasteiger partial charge is 0.493 e. The first-order valence-electron chi connectivity index (χ1n) is 11.4. The third-order valence-corrected chi connectivity index (χ3v) is 4.98. The lowest BCUT2D eigenvalue weighted by atomic mass is 10.2. The predicted octanol–water partition coefficient (Wildman–Crippen LogP) is 4.93. The van der Waals surface area contributed by atoms with E-state index in [1.807, 2.05) is 0 Å². The number of rotatable bonds is 10. The molecule has 0 aromatic heterocycles. The summed E-state index contributed by atoms with van der Waals surface area (Å²) in [4.78, 5) is 35.5. The Kier molecular flexibility index (Phi) is 8.16. The lowest BCUT2D eigenvalue weighted by Crippen LogP contribution is -2.40. The Morgan fingerprint density at radius 3 is 2.34 bits per heavy atom. The van der Waals surface area contributed by atoms with Gasteiger partial charge in [-0.1, -0.05) is 0 Å². The molecule has 0 saturated heterocycles.